The Morgan fingerprint density at radius 3 is 2.80 bits per heavy atom. The lowest BCUT2D eigenvalue weighted by Gasteiger charge is -2.38. The Kier molecular flexibility index (Phi) is 3.85. The number of hydrogen-bond acceptors (Lipinski definition) is 4. The second-order valence-electron chi connectivity index (χ2n) is 6.30. The molecule has 3 atom stereocenters. The van der Waals surface area contributed by atoms with E-state index in [4.69, 9.17) is 23.2 Å². The number of nitro benzene ring substituents is 1. The summed E-state index contributed by atoms with van der Waals surface area (Å²) in [4.78, 5) is 10.6. The van der Waals surface area contributed by atoms with Crippen LogP contribution in [0.25, 0.3) is 0 Å². The molecule has 1 aliphatic heterocycles. The van der Waals surface area contributed by atoms with E-state index in [0.29, 0.717) is 15.7 Å². The van der Waals surface area contributed by atoms with Gasteiger partial charge in [-0.1, -0.05) is 47.5 Å². The Morgan fingerprint density at radius 2 is 2.04 bits per heavy atom. The maximum Gasteiger partial charge on any atom is 0.273 e. The highest BCUT2D eigenvalue weighted by atomic mass is 35.5. The Balaban J connectivity index is 1.86. The summed E-state index contributed by atoms with van der Waals surface area (Å²) in [6.07, 6.45) is 4.92. The van der Waals surface area contributed by atoms with Crippen molar-refractivity contribution in [2.45, 2.75) is 18.4 Å². The first-order valence-corrected chi connectivity index (χ1v) is 8.61. The van der Waals surface area contributed by atoms with Gasteiger partial charge < -0.3 is 10.4 Å². The van der Waals surface area contributed by atoms with E-state index in [1.165, 1.54) is 12.1 Å². The molecule has 0 aromatic heterocycles. The zero-order valence-corrected chi connectivity index (χ0v) is 14.5. The number of fused-ring (bicyclic) bond motifs is 3. The smallest absolute Gasteiger partial charge is 0.273 e. The minimum Gasteiger partial charge on any atom is -0.506 e. The van der Waals surface area contributed by atoms with Crippen LogP contribution in [0.3, 0.4) is 0 Å². The first kappa shape index (κ1) is 16.2. The molecule has 2 aromatic rings. The standard InChI is InChI=1S/C18H14Cl2N2O3/c19-14-6-2-5-12(16(14)20)17-11-4-1-3-10(11)13-7-9(22(24)25)8-15(23)18(13)21-17/h1-3,5-8,10-11,17,21,23H,4H2. The molecule has 0 fully saturated rings. The number of halogens is 2. The van der Waals surface area contributed by atoms with Gasteiger partial charge in [0, 0.05) is 12.0 Å². The van der Waals surface area contributed by atoms with Crippen molar-refractivity contribution >= 4 is 34.6 Å². The average molecular weight is 377 g/mol. The van der Waals surface area contributed by atoms with Crippen molar-refractivity contribution in [3.63, 3.8) is 0 Å². The number of nitro groups is 1. The maximum absolute atomic E-state index is 11.1. The number of non-ortho nitro benzene ring substituents is 1. The Hall–Kier alpha value is -2.24. The summed E-state index contributed by atoms with van der Waals surface area (Å²) < 4.78 is 0. The number of nitrogens with one attached hydrogen (secondary N) is 1. The summed E-state index contributed by atoms with van der Waals surface area (Å²) in [5, 5.41) is 25.8. The lowest BCUT2D eigenvalue weighted by molar-refractivity contribution is -0.385. The third-order valence-electron chi connectivity index (χ3n) is 4.96. The molecular formula is C18H14Cl2N2O3. The van der Waals surface area contributed by atoms with E-state index < -0.39 is 4.92 Å². The summed E-state index contributed by atoms with van der Waals surface area (Å²) in [7, 11) is 0. The van der Waals surface area contributed by atoms with Gasteiger partial charge in [-0.3, -0.25) is 10.1 Å². The predicted octanol–water partition coefficient (Wildman–Crippen LogP) is 5.43. The molecule has 4 rings (SSSR count). The van der Waals surface area contributed by atoms with Crippen molar-refractivity contribution in [1.29, 1.82) is 0 Å². The number of anilines is 1. The van der Waals surface area contributed by atoms with Gasteiger partial charge in [-0.05, 0) is 29.5 Å². The quantitative estimate of drug-likeness (QED) is 0.317. The molecule has 1 aliphatic carbocycles. The molecule has 0 spiro atoms. The van der Waals surface area contributed by atoms with Gasteiger partial charge in [0.1, 0.15) is 5.75 Å². The second-order valence-corrected chi connectivity index (χ2v) is 7.09. The molecule has 3 unspecified atom stereocenters. The second kappa shape index (κ2) is 5.93. The van der Waals surface area contributed by atoms with Crippen LogP contribution >= 0.6 is 23.2 Å². The molecule has 25 heavy (non-hydrogen) atoms. The van der Waals surface area contributed by atoms with Crippen molar-refractivity contribution < 1.29 is 10.0 Å². The highest BCUT2D eigenvalue weighted by Gasteiger charge is 2.40. The number of rotatable bonds is 2. The maximum atomic E-state index is 11.1. The van der Waals surface area contributed by atoms with Crippen molar-refractivity contribution in [3.05, 3.63) is 73.8 Å². The lowest BCUT2D eigenvalue weighted by atomic mass is 9.76. The molecule has 2 aliphatic rings. The zero-order chi connectivity index (χ0) is 17.7. The zero-order valence-electron chi connectivity index (χ0n) is 12.9. The van der Waals surface area contributed by atoms with Gasteiger partial charge in [0.15, 0.2) is 0 Å². The van der Waals surface area contributed by atoms with Crippen LogP contribution in [0, 0.1) is 16.0 Å². The lowest BCUT2D eigenvalue weighted by Crippen LogP contribution is -2.29. The Morgan fingerprint density at radius 1 is 1.24 bits per heavy atom. The van der Waals surface area contributed by atoms with Crippen LogP contribution in [0.1, 0.15) is 29.5 Å². The molecule has 7 heteroatoms. The Labute approximate surface area is 154 Å². The molecule has 0 saturated carbocycles. The number of benzene rings is 2. The van der Waals surface area contributed by atoms with Gasteiger partial charge in [0.2, 0.25) is 0 Å². The molecule has 1 heterocycles. The van der Waals surface area contributed by atoms with Crippen LogP contribution < -0.4 is 5.32 Å². The SMILES string of the molecule is O=[N+]([O-])c1cc(O)c2c(c1)C1C=CCC1C(c1cccc(Cl)c1Cl)N2. The molecule has 2 N–H and O–H groups in total. The van der Waals surface area contributed by atoms with Crippen LogP contribution in [0.15, 0.2) is 42.5 Å². The van der Waals surface area contributed by atoms with E-state index in [2.05, 4.69) is 11.4 Å². The average Bonchev–Trinajstić information content (AvgIpc) is 3.07. The number of hydrogen-bond donors (Lipinski definition) is 2. The van der Waals surface area contributed by atoms with Gasteiger partial charge in [-0.15, -0.1) is 0 Å². The third-order valence-corrected chi connectivity index (χ3v) is 5.79. The summed E-state index contributed by atoms with van der Waals surface area (Å²) in [5.41, 5.74) is 1.99. The number of phenols is 1. The predicted molar refractivity (Wildman–Crippen MR) is 97.6 cm³/mol. The van der Waals surface area contributed by atoms with Crippen molar-refractivity contribution in [3.8, 4) is 5.75 Å². The van der Waals surface area contributed by atoms with Crippen molar-refractivity contribution in [1.82, 2.24) is 0 Å². The summed E-state index contributed by atoms with van der Waals surface area (Å²) in [6.45, 7) is 0. The largest absolute Gasteiger partial charge is 0.506 e. The highest BCUT2D eigenvalue weighted by Crippen LogP contribution is 2.54. The van der Waals surface area contributed by atoms with Crippen LogP contribution in [0.5, 0.6) is 5.75 Å². The van der Waals surface area contributed by atoms with Gasteiger partial charge in [-0.2, -0.15) is 0 Å². The normalized spacial score (nSPS) is 23.7. The number of nitrogens with zero attached hydrogens (tertiary/aromatic N) is 1. The number of aromatic hydroxyl groups is 1. The monoisotopic (exact) mass is 376 g/mol. The minimum atomic E-state index is -0.492. The van der Waals surface area contributed by atoms with Gasteiger partial charge in [0.25, 0.3) is 5.69 Å². The van der Waals surface area contributed by atoms with Crippen molar-refractivity contribution in [2.75, 3.05) is 5.32 Å². The summed E-state index contributed by atoms with van der Waals surface area (Å²) in [6, 6.07) is 8.04. The molecular weight excluding hydrogens is 363 g/mol. The molecule has 0 saturated heterocycles. The molecule has 2 aromatic carbocycles. The Bertz CT molecular complexity index is 913. The van der Waals surface area contributed by atoms with Gasteiger partial charge >= 0.3 is 0 Å². The van der Waals surface area contributed by atoms with E-state index in [-0.39, 0.29) is 29.3 Å². The number of phenolic OH excluding ortho intramolecular Hbond substituents is 1. The van der Waals surface area contributed by atoms with E-state index in [1.807, 2.05) is 18.2 Å². The first-order chi connectivity index (χ1) is 12.0. The van der Waals surface area contributed by atoms with E-state index >= 15 is 0 Å². The minimum absolute atomic E-state index is 0.0258. The van der Waals surface area contributed by atoms with Crippen LogP contribution in [-0.2, 0) is 0 Å². The fourth-order valence-electron chi connectivity index (χ4n) is 3.84. The summed E-state index contributed by atoms with van der Waals surface area (Å²) >= 11 is 12.6. The molecule has 128 valence electrons. The molecule has 5 nitrogen and oxygen atoms in total. The van der Waals surface area contributed by atoms with Crippen LogP contribution in [0.2, 0.25) is 10.0 Å². The summed E-state index contributed by atoms with van der Waals surface area (Å²) in [5.74, 6) is -0.0157. The molecule has 0 amide bonds. The van der Waals surface area contributed by atoms with E-state index in [1.54, 1.807) is 6.07 Å². The van der Waals surface area contributed by atoms with E-state index in [9.17, 15) is 15.2 Å². The van der Waals surface area contributed by atoms with Gasteiger partial charge in [-0.25, -0.2) is 0 Å². The van der Waals surface area contributed by atoms with E-state index in [0.717, 1.165) is 17.5 Å². The third kappa shape index (κ3) is 2.55. The highest BCUT2D eigenvalue weighted by molar-refractivity contribution is 6.42. The first-order valence-electron chi connectivity index (χ1n) is 7.85. The fraction of sp³-hybridized carbons (Fsp3) is 0.222. The fourth-order valence-corrected chi connectivity index (χ4v) is 4.27. The topological polar surface area (TPSA) is 75.4 Å². The molecule has 0 radical (unpaired) electrons. The van der Waals surface area contributed by atoms with Crippen LogP contribution in [-0.4, -0.2) is 10.0 Å². The number of allylic oxidation sites excluding steroid dienone is 2. The van der Waals surface area contributed by atoms with Gasteiger partial charge in [0.05, 0.1) is 32.8 Å². The molecule has 0 bridgehead atoms. The van der Waals surface area contributed by atoms with Crippen molar-refractivity contribution in [2.24, 2.45) is 5.92 Å². The van der Waals surface area contributed by atoms with Crippen LogP contribution in [0.4, 0.5) is 11.4 Å².